The van der Waals surface area contributed by atoms with Gasteiger partial charge in [0.1, 0.15) is 21.4 Å². The van der Waals surface area contributed by atoms with Gasteiger partial charge in [-0.1, -0.05) is 26.2 Å². The molecule has 0 aromatic heterocycles. The first-order valence-corrected chi connectivity index (χ1v) is 9.66. The van der Waals surface area contributed by atoms with Gasteiger partial charge in [-0.2, -0.15) is 0 Å². The molecule has 1 N–H and O–H groups in total. The van der Waals surface area contributed by atoms with Gasteiger partial charge < -0.3 is 10.2 Å². The van der Waals surface area contributed by atoms with E-state index in [0.29, 0.717) is 19.3 Å². The van der Waals surface area contributed by atoms with Gasteiger partial charge in [0.15, 0.2) is 0 Å². The van der Waals surface area contributed by atoms with Crippen LogP contribution in [0.3, 0.4) is 0 Å². The zero-order chi connectivity index (χ0) is 15.7. The summed E-state index contributed by atoms with van der Waals surface area (Å²) in [5, 5.41) is 2.92. The van der Waals surface area contributed by atoms with Gasteiger partial charge in [0, 0.05) is 12.8 Å². The Morgan fingerprint density at radius 2 is 1.90 bits per heavy atom. The molecule has 2 rings (SSSR count). The molecule has 0 aromatic rings. The number of piperazine rings is 1. The molecule has 1 unspecified atom stereocenters. The van der Waals surface area contributed by atoms with Crippen LogP contribution in [0, 0.1) is 0 Å². The molecule has 1 heterocycles. The van der Waals surface area contributed by atoms with Crippen molar-refractivity contribution in [1.82, 2.24) is 10.2 Å². The summed E-state index contributed by atoms with van der Waals surface area (Å²) in [5.41, 5.74) is -0.779. The standard InChI is InChI=1S/C14H24N2O4S/c1-3-6-11-12(17)15-14(7-4-5-8-14)13(18)16(11)9-10-21(2,19)20/h11H,3-10H2,1-2H3,(H,15,17). The molecular formula is C14H24N2O4S. The zero-order valence-corrected chi connectivity index (χ0v) is 13.5. The number of hydrogen-bond donors (Lipinski definition) is 1. The zero-order valence-electron chi connectivity index (χ0n) is 12.7. The van der Waals surface area contributed by atoms with Gasteiger partial charge in [0.25, 0.3) is 0 Å². The summed E-state index contributed by atoms with van der Waals surface area (Å²) in [6, 6.07) is -0.532. The molecule has 1 saturated heterocycles. The molecule has 120 valence electrons. The Hall–Kier alpha value is -1.11. The van der Waals surface area contributed by atoms with Crippen LogP contribution in [0.2, 0.25) is 0 Å². The third-order valence-electron chi connectivity index (χ3n) is 4.43. The van der Waals surface area contributed by atoms with E-state index in [2.05, 4.69) is 5.32 Å². The number of nitrogens with zero attached hydrogens (tertiary/aromatic N) is 1. The minimum atomic E-state index is -3.16. The fourth-order valence-electron chi connectivity index (χ4n) is 3.33. The van der Waals surface area contributed by atoms with Crippen LogP contribution < -0.4 is 5.32 Å². The second-order valence-electron chi connectivity index (χ2n) is 6.21. The maximum Gasteiger partial charge on any atom is 0.249 e. The van der Waals surface area contributed by atoms with E-state index in [0.717, 1.165) is 25.5 Å². The van der Waals surface area contributed by atoms with Crippen molar-refractivity contribution in [2.45, 2.75) is 57.0 Å². The molecule has 1 spiro atoms. The highest BCUT2D eigenvalue weighted by Crippen LogP contribution is 2.35. The number of rotatable bonds is 5. The lowest BCUT2D eigenvalue weighted by atomic mass is 9.89. The van der Waals surface area contributed by atoms with E-state index >= 15 is 0 Å². The monoisotopic (exact) mass is 316 g/mol. The molecule has 2 fully saturated rings. The molecule has 1 atom stereocenters. The summed E-state index contributed by atoms with van der Waals surface area (Å²) in [4.78, 5) is 26.7. The van der Waals surface area contributed by atoms with E-state index in [-0.39, 0.29) is 24.1 Å². The predicted octanol–water partition coefficient (Wildman–Crippen LogP) is 0.471. The first kappa shape index (κ1) is 16.3. The number of amides is 2. The van der Waals surface area contributed by atoms with E-state index in [1.54, 1.807) is 0 Å². The van der Waals surface area contributed by atoms with Crippen molar-refractivity contribution in [3.63, 3.8) is 0 Å². The highest BCUT2D eigenvalue weighted by molar-refractivity contribution is 7.90. The lowest BCUT2D eigenvalue weighted by Gasteiger charge is -2.44. The van der Waals surface area contributed by atoms with Crippen LogP contribution in [0.15, 0.2) is 0 Å². The highest BCUT2D eigenvalue weighted by atomic mass is 32.2. The average Bonchev–Trinajstić information content (AvgIpc) is 2.84. The fourth-order valence-corrected chi connectivity index (χ4v) is 3.86. The summed E-state index contributed by atoms with van der Waals surface area (Å²) in [6.07, 6.45) is 5.65. The summed E-state index contributed by atoms with van der Waals surface area (Å²) in [6.45, 7) is 2.06. The number of hydrogen-bond acceptors (Lipinski definition) is 4. The Morgan fingerprint density at radius 3 is 2.43 bits per heavy atom. The third-order valence-corrected chi connectivity index (χ3v) is 5.36. The normalized spacial score (nSPS) is 25.4. The maximum absolute atomic E-state index is 12.8. The topological polar surface area (TPSA) is 83.6 Å². The Bertz CT molecular complexity index is 523. The van der Waals surface area contributed by atoms with E-state index in [1.807, 2.05) is 6.92 Å². The summed E-state index contributed by atoms with van der Waals surface area (Å²) in [7, 11) is -3.16. The van der Waals surface area contributed by atoms with Crippen LogP contribution in [-0.4, -0.2) is 55.3 Å². The quantitative estimate of drug-likeness (QED) is 0.799. The van der Waals surface area contributed by atoms with Gasteiger partial charge >= 0.3 is 0 Å². The van der Waals surface area contributed by atoms with Crippen molar-refractivity contribution in [3.05, 3.63) is 0 Å². The molecule has 1 aliphatic carbocycles. The first-order chi connectivity index (χ1) is 9.79. The number of carbonyl (C=O) groups excluding carboxylic acids is 2. The molecule has 2 amide bonds. The van der Waals surface area contributed by atoms with Gasteiger partial charge in [-0.3, -0.25) is 9.59 Å². The molecule has 6 nitrogen and oxygen atoms in total. The molecule has 1 saturated carbocycles. The highest BCUT2D eigenvalue weighted by Gasteiger charge is 2.51. The van der Waals surface area contributed by atoms with Crippen LogP contribution in [0.25, 0.3) is 0 Å². The van der Waals surface area contributed by atoms with Gasteiger partial charge in [-0.15, -0.1) is 0 Å². The largest absolute Gasteiger partial charge is 0.340 e. The SMILES string of the molecule is CCCC1C(=O)NC2(CCCC2)C(=O)N1CCS(C)(=O)=O. The molecule has 0 aromatic carbocycles. The van der Waals surface area contributed by atoms with Gasteiger partial charge in [0.05, 0.1) is 5.75 Å². The predicted molar refractivity (Wildman–Crippen MR) is 79.5 cm³/mol. The molecule has 0 bridgehead atoms. The molecule has 1 aliphatic heterocycles. The van der Waals surface area contributed by atoms with Crippen LogP contribution in [-0.2, 0) is 19.4 Å². The van der Waals surface area contributed by atoms with Crippen molar-refractivity contribution in [2.24, 2.45) is 0 Å². The maximum atomic E-state index is 12.8. The smallest absolute Gasteiger partial charge is 0.249 e. The lowest BCUT2D eigenvalue weighted by molar-refractivity contribution is -0.154. The average molecular weight is 316 g/mol. The van der Waals surface area contributed by atoms with Crippen LogP contribution in [0.1, 0.15) is 45.4 Å². The minimum absolute atomic E-state index is 0.0949. The number of sulfone groups is 1. The number of carbonyl (C=O) groups is 2. The van der Waals surface area contributed by atoms with Gasteiger partial charge in [-0.05, 0) is 19.3 Å². The van der Waals surface area contributed by atoms with Gasteiger partial charge in [0.2, 0.25) is 11.8 Å². The van der Waals surface area contributed by atoms with Crippen molar-refractivity contribution < 1.29 is 18.0 Å². The van der Waals surface area contributed by atoms with E-state index in [9.17, 15) is 18.0 Å². The molecule has 7 heteroatoms. The lowest BCUT2D eigenvalue weighted by Crippen LogP contribution is -2.69. The first-order valence-electron chi connectivity index (χ1n) is 7.60. The minimum Gasteiger partial charge on any atom is -0.340 e. The fraction of sp³-hybridized carbons (Fsp3) is 0.857. The molecule has 2 aliphatic rings. The summed E-state index contributed by atoms with van der Waals surface area (Å²) < 4.78 is 22.8. The van der Waals surface area contributed by atoms with Crippen LogP contribution >= 0.6 is 0 Å². The Labute approximate surface area is 126 Å². The van der Waals surface area contributed by atoms with E-state index in [1.165, 1.54) is 4.90 Å². The van der Waals surface area contributed by atoms with Crippen LogP contribution in [0.4, 0.5) is 0 Å². The second kappa shape index (κ2) is 5.94. The Balaban J connectivity index is 2.24. The number of nitrogens with one attached hydrogen (secondary N) is 1. The molecule has 21 heavy (non-hydrogen) atoms. The summed E-state index contributed by atoms with van der Waals surface area (Å²) >= 11 is 0. The van der Waals surface area contributed by atoms with Crippen molar-refractivity contribution in [1.29, 1.82) is 0 Å². The molecule has 0 radical (unpaired) electrons. The molecular weight excluding hydrogens is 292 g/mol. The van der Waals surface area contributed by atoms with Crippen molar-refractivity contribution >= 4 is 21.7 Å². The van der Waals surface area contributed by atoms with Crippen LogP contribution in [0.5, 0.6) is 0 Å². The van der Waals surface area contributed by atoms with E-state index in [4.69, 9.17) is 0 Å². The van der Waals surface area contributed by atoms with E-state index < -0.39 is 21.4 Å². The van der Waals surface area contributed by atoms with Crippen molar-refractivity contribution in [3.8, 4) is 0 Å². The Morgan fingerprint density at radius 1 is 1.29 bits per heavy atom. The third kappa shape index (κ3) is 3.39. The Kier molecular flexibility index (Phi) is 4.60. The summed E-state index contributed by atoms with van der Waals surface area (Å²) in [5.74, 6) is -0.323. The van der Waals surface area contributed by atoms with Crippen molar-refractivity contribution in [2.75, 3.05) is 18.6 Å². The second-order valence-corrected chi connectivity index (χ2v) is 8.47. The van der Waals surface area contributed by atoms with Gasteiger partial charge in [-0.25, -0.2) is 8.42 Å².